The van der Waals surface area contributed by atoms with E-state index in [2.05, 4.69) is 31.7 Å². The molecule has 7 nitrogen and oxygen atoms in total. The van der Waals surface area contributed by atoms with Crippen LogP contribution in [0.25, 0.3) is 16.8 Å². The Morgan fingerprint density at radius 2 is 2.04 bits per heavy atom. The number of hydrogen-bond acceptors (Lipinski definition) is 5. The van der Waals surface area contributed by atoms with E-state index in [9.17, 15) is 4.39 Å². The molecule has 1 atom stereocenters. The van der Waals surface area contributed by atoms with Crippen molar-refractivity contribution in [2.45, 2.75) is 31.7 Å². The number of H-pyrrole nitrogens is 1. The third kappa shape index (κ3) is 2.96. The molecule has 3 aromatic heterocycles. The minimum atomic E-state index is -0.263. The van der Waals surface area contributed by atoms with E-state index in [0.717, 1.165) is 28.0 Å². The summed E-state index contributed by atoms with van der Waals surface area (Å²) in [5.74, 6) is 1.11. The van der Waals surface area contributed by atoms with Crippen LogP contribution in [0.15, 0.2) is 42.6 Å². The predicted molar refractivity (Wildman–Crippen MR) is 105 cm³/mol. The average molecular weight is 377 g/mol. The van der Waals surface area contributed by atoms with Crippen molar-refractivity contribution in [2.24, 2.45) is 0 Å². The monoisotopic (exact) mass is 377 g/mol. The van der Waals surface area contributed by atoms with Crippen LogP contribution >= 0.6 is 0 Å². The minimum absolute atomic E-state index is 0.0961. The van der Waals surface area contributed by atoms with E-state index in [1.165, 1.54) is 25.0 Å². The smallest absolute Gasteiger partial charge is 0.243 e. The lowest BCUT2D eigenvalue weighted by molar-refractivity contribution is 0.626. The Kier molecular flexibility index (Phi) is 3.78. The van der Waals surface area contributed by atoms with Gasteiger partial charge in [-0.2, -0.15) is 10.1 Å². The SMILES string of the molecule is C[C@@H](Nc1nc(N)c2c(-c3cc(C4CC4)n[nH]3)ccn2n1)c1ccc(F)cc1. The number of anilines is 2. The van der Waals surface area contributed by atoms with Crippen molar-refractivity contribution in [3.63, 3.8) is 0 Å². The molecule has 5 rings (SSSR count). The van der Waals surface area contributed by atoms with Gasteiger partial charge in [-0.1, -0.05) is 12.1 Å². The van der Waals surface area contributed by atoms with Crippen molar-refractivity contribution >= 4 is 17.3 Å². The second kappa shape index (κ2) is 6.33. The number of rotatable bonds is 5. The lowest BCUT2D eigenvalue weighted by Gasteiger charge is -2.15. The Labute approximate surface area is 160 Å². The Balaban J connectivity index is 1.45. The predicted octanol–water partition coefficient (Wildman–Crippen LogP) is 3.89. The van der Waals surface area contributed by atoms with Gasteiger partial charge in [0.15, 0.2) is 5.82 Å². The number of aromatic nitrogens is 5. The highest BCUT2D eigenvalue weighted by molar-refractivity contribution is 5.86. The molecule has 0 amide bonds. The highest BCUT2D eigenvalue weighted by atomic mass is 19.1. The molecule has 8 heteroatoms. The second-order valence-corrected chi connectivity index (χ2v) is 7.24. The molecule has 4 N–H and O–H groups in total. The van der Waals surface area contributed by atoms with Crippen molar-refractivity contribution < 1.29 is 4.39 Å². The van der Waals surface area contributed by atoms with Crippen molar-refractivity contribution in [1.29, 1.82) is 0 Å². The standard InChI is InChI=1S/C20H20FN7/c1-11(12-4-6-14(21)7-5-12)23-20-24-19(22)18-15(8-9-28(18)27-20)17-10-16(25-26-17)13-2-3-13/h4-11,13H,2-3H2,1H3,(H,25,26)(H3,22,23,24,27)/t11-/m1/s1. The van der Waals surface area contributed by atoms with Crippen LogP contribution in [0.4, 0.5) is 16.2 Å². The summed E-state index contributed by atoms with van der Waals surface area (Å²) < 4.78 is 14.8. The van der Waals surface area contributed by atoms with Gasteiger partial charge in [0.05, 0.1) is 17.4 Å². The minimum Gasteiger partial charge on any atom is -0.382 e. The summed E-state index contributed by atoms with van der Waals surface area (Å²) >= 11 is 0. The van der Waals surface area contributed by atoms with E-state index in [1.807, 2.05) is 19.2 Å². The maximum atomic E-state index is 13.1. The largest absolute Gasteiger partial charge is 0.382 e. The van der Waals surface area contributed by atoms with Gasteiger partial charge in [-0.3, -0.25) is 5.10 Å². The van der Waals surface area contributed by atoms with Crippen molar-refractivity contribution in [3.8, 4) is 11.3 Å². The lowest BCUT2D eigenvalue weighted by Crippen LogP contribution is -2.12. The van der Waals surface area contributed by atoms with Crippen LogP contribution in [0, 0.1) is 5.82 Å². The Morgan fingerprint density at radius 3 is 2.79 bits per heavy atom. The van der Waals surface area contributed by atoms with E-state index in [0.29, 0.717) is 17.7 Å². The number of nitrogens with one attached hydrogen (secondary N) is 2. The molecule has 28 heavy (non-hydrogen) atoms. The number of nitrogen functional groups attached to an aromatic ring is 1. The normalized spacial score (nSPS) is 15.1. The molecule has 0 saturated heterocycles. The molecule has 0 spiro atoms. The summed E-state index contributed by atoms with van der Waals surface area (Å²) in [5.41, 5.74) is 10.9. The first-order valence-corrected chi connectivity index (χ1v) is 9.31. The lowest BCUT2D eigenvalue weighted by atomic mass is 10.1. The van der Waals surface area contributed by atoms with Crippen LogP contribution in [-0.2, 0) is 0 Å². The molecular formula is C20H20FN7. The van der Waals surface area contributed by atoms with Gasteiger partial charge >= 0.3 is 0 Å². The van der Waals surface area contributed by atoms with Crippen molar-refractivity contribution in [2.75, 3.05) is 11.1 Å². The molecule has 1 fully saturated rings. The topological polar surface area (TPSA) is 96.9 Å². The molecule has 4 aromatic rings. The first-order valence-electron chi connectivity index (χ1n) is 9.31. The van der Waals surface area contributed by atoms with Gasteiger partial charge in [0.25, 0.3) is 0 Å². The van der Waals surface area contributed by atoms with Crippen LogP contribution in [0.3, 0.4) is 0 Å². The zero-order valence-corrected chi connectivity index (χ0v) is 15.4. The third-order valence-corrected chi connectivity index (χ3v) is 5.14. The van der Waals surface area contributed by atoms with Crippen LogP contribution in [-0.4, -0.2) is 24.8 Å². The zero-order valence-electron chi connectivity index (χ0n) is 15.4. The van der Waals surface area contributed by atoms with E-state index in [4.69, 9.17) is 5.73 Å². The number of nitrogens with two attached hydrogens (primary N) is 1. The summed E-state index contributed by atoms with van der Waals surface area (Å²) in [6.45, 7) is 1.96. The molecule has 1 aromatic carbocycles. The van der Waals surface area contributed by atoms with Gasteiger partial charge in [-0.05, 0) is 49.6 Å². The molecule has 1 aliphatic rings. The number of aromatic amines is 1. The van der Waals surface area contributed by atoms with E-state index in [1.54, 1.807) is 16.6 Å². The van der Waals surface area contributed by atoms with Crippen molar-refractivity contribution in [1.82, 2.24) is 24.8 Å². The molecule has 3 heterocycles. The van der Waals surface area contributed by atoms with Gasteiger partial charge < -0.3 is 11.1 Å². The fourth-order valence-electron chi connectivity index (χ4n) is 3.42. The third-order valence-electron chi connectivity index (χ3n) is 5.14. The number of benzene rings is 1. The fraction of sp³-hybridized carbons (Fsp3) is 0.250. The quantitative estimate of drug-likeness (QED) is 0.490. The van der Waals surface area contributed by atoms with E-state index in [-0.39, 0.29) is 11.9 Å². The maximum absolute atomic E-state index is 13.1. The van der Waals surface area contributed by atoms with Gasteiger partial charge in [0.2, 0.25) is 5.95 Å². The van der Waals surface area contributed by atoms with Gasteiger partial charge in [0.1, 0.15) is 11.3 Å². The Morgan fingerprint density at radius 1 is 1.25 bits per heavy atom. The summed E-state index contributed by atoms with van der Waals surface area (Å²) in [4.78, 5) is 4.42. The van der Waals surface area contributed by atoms with Crippen LogP contribution in [0.1, 0.15) is 43.0 Å². The van der Waals surface area contributed by atoms with Crippen LogP contribution in [0.5, 0.6) is 0 Å². The summed E-state index contributed by atoms with van der Waals surface area (Å²) in [5, 5.41) is 15.3. The van der Waals surface area contributed by atoms with Gasteiger partial charge in [-0.15, -0.1) is 5.10 Å². The molecular weight excluding hydrogens is 357 g/mol. The number of halogens is 1. The second-order valence-electron chi connectivity index (χ2n) is 7.24. The molecule has 142 valence electrons. The molecule has 0 aliphatic heterocycles. The van der Waals surface area contributed by atoms with E-state index < -0.39 is 0 Å². The number of hydrogen-bond donors (Lipinski definition) is 3. The average Bonchev–Trinajstić information content (AvgIpc) is 3.24. The fourth-order valence-corrected chi connectivity index (χ4v) is 3.42. The van der Waals surface area contributed by atoms with E-state index >= 15 is 0 Å². The Hall–Kier alpha value is -3.42. The maximum Gasteiger partial charge on any atom is 0.243 e. The van der Waals surface area contributed by atoms with Gasteiger partial charge in [-0.25, -0.2) is 8.91 Å². The first kappa shape index (κ1) is 16.7. The first-order chi connectivity index (χ1) is 13.6. The Bertz CT molecular complexity index is 1140. The highest BCUT2D eigenvalue weighted by Gasteiger charge is 2.26. The summed E-state index contributed by atoms with van der Waals surface area (Å²) in [6.07, 6.45) is 4.26. The molecule has 0 bridgehead atoms. The molecule has 1 saturated carbocycles. The summed E-state index contributed by atoms with van der Waals surface area (Å²) in [6, 6.07) is 10.3. The number of fused-ring (bicyclic) bond motifs is 1. The van der Waals surface area contributed by atoms with Gasteiger partial charge in [0, 0.05) is 17.7 Å². The number of nitrogens with zero attached hydrogens (tertiary/aromatic N) is 4. The van der Waals surface area contributed by atoms with Crippen LogP contribution in [0.2, 0.25) is 0 Å². The zero-order chi connectivity index (χ0) is 19.3. The van der Waals surface area contributed by atoms with Crippen LogP contribution < -0.4 is 11.1 Å². The highest BCUT2D eigenvalue weighted by Crippen LogP contribution is 2.40. The molecule has 1 aliphatic carbocycles. The summed E-state index contributed by atoms with van der Waals surface area (Å²) in [7, 11) is 0. The molecule has 0 unspecified atom stereocenters. The van der Waals surface area contributed by atoms with Crippen molar-refractivity contribution in [3.05, 3.63) is 59.7 Å². The molecule has 0 radical (unpaired) electrons.